The highest BCUT2D eigenvalue weighted by atomic mass is 32.2. The number of aromatic nitrogens is 1. The second-order valence-corrected chi connectivity index (χ2v) is 10.7. The molecular weight excluding hydrogens is 486 g/mol. The summed E-state index contributed by atoms with van der Waals surface area (Å²) in [5, 5.41) is 14.2. The minimum absolute atomic E-state index is 0.0515. The van der Waals surface area contributed by atoms with Crippen LogP contribution in [0.15, 0.2) is 36.5 Å². The summed E-state index contributed by atoms with van der Waals surface area (Å²) in [4.78, 5) is 18.8. The molecule has 0 radical (unpaired) electrons. The van der Waals surface area contributed by atoms with Crippen LogP contribution in [0.3, 0.4) is 0 Å². The number of nitrogens with one attached hydrogen (secondary N) is 3. The van der Waals surface area contributed by atoms with E-state index in [1.165, 1.54) is 30.1 Å². The molecule has 2 fully saturated rings. The van der Waals surface area contributed by atoms with Crippen LogP contribution in [-0.4, -0.2) is 71.2 Å². The monoisotopic (exact) mass is 518 g/mol. The molecule has 36 heavy (non-hydrogen) atoms. The summed E-state index contributed by atoms with van der Waals surface area (Å²) in [6.07, 6.45) is 2.01. The van der Waals surface area contributed by atoms with Gasteiger partial charge in [0.05, 0.1) is 23.6 Å². The van der Waals surface area contributed by atoms with Crippen molar-refractivity contribution in [3.8, 4) is 0 Å². The van der Waals surface area contributed by atoms with E-state index in [1.54, 1.807) is 10.4 Å². The number of guanidine groups is 1. The van der Waals surface area contributed by atoms with Crippen LogP contribution in [0.1, 0.15) is 36.3 Å². The third-order valence-electron chi connectivity index (χ3n) is 6.78. The first-order valence-electron chi connectivity index (χ1n) is 12.0. The summed E-state index contributed by atoms with van der Waals surface area (Å²) < 4.78 is 35.8. The number of carbonyl (C=O) groups is 1. The van der Waals surface area contributed by atoms with E-state index >= 15 is 4.39 Å². The van der Waals surface area contributed by atoms with E-state index in [4.69, 9.17) is 10.1 Å². The molecule has 194 valence electrons. The smallest absolute Gasteiger partial charge is 0.274 e. The van der Waals surface area contributed by atoms with Crippen LogP contribution in [0.4, 0.5) is 14.5 Å². The molecule has 1 aromatic heterocycles. The molecule has 0 saturated carbocycles. The van der Waals surface area contributed by atoms with Crippen LogP contribution in [-0.2, 0) is 10.3 Å². The molecule has 1 unspecified atom stereocenters. The number of rotatable bonds is 8. The first kappa shape index (κ1) is 26.3. The predicted molar refractivity (Wildman–Crippen MR) is 137 cm³/mol. The van der Waals surface area contributed by atoms with Gasteiger partial charge in [0.2, 0.25) is 5.96 Å². The van der Waals surface area contributed by atoms with Gasteiger partial charge in [0, 0.05) is 38.0 Å². The van der Waals surface area contributed by atoms with E-state index in [9.17, 15) is 9.18 Å². The Morgan fingerprint density at radius 3 is 2.83 bits per heavy atom. The van der Waals surface area contributed by atoms with Gasteiger partial charge in [-0.05, 0) is 68.1 Å². The summed E-state index contributed by atoms with van der Waals surface area (Å²) in [6, 6.07) is 6.83. The number of hydrogen-bond acceptors (Lipinski definition) is 6. The standard InChI is InChI=1S/C25H32F2N6O2S/c1-4-33(13-16-9-10-35-15-16)14-22-25(2,31-24(28)32(3)36-22)19-11-18(6-7-20(19)27)30-23(34)21-8-5-17(26)12-29-21/h5-8,11-12,16,22H,4,9-10,13-15H2,1-3H3,(H2,28,31)(H,30,34)/t16?,22-,25+/m0/s1. The molecule has 1 aromatic carbocycles. The molecule has 0 spiro atoms. The minimum atomic E-state index is -0.924. The van der Waals surface area contributed by atoms with Crippen LogP contribution in [0, 0.1) is 23.0 Å². The Kier molecular flexibility index (Phi) is 8.11. The Balaban J connectivity index is 1.59. The molecule has 3 heterocycles. The van der Waals surface area contributed by atoms with Gasteiger partial charge >= 0.3 is 0 Å². The van der Waals surface area contributed by atoms with Gasteiger partial charge in [-0.1, -0.05) is 6.92 Å². The summed E-state index contributed by atoms with van der Waals surface area (Å²) in [7, 11) is 1.82. The molecule has 2 aliphatic heterocycles. The van der Waals surface area contributed by atoms with Crippen molar-refractivity contribution >= 4 is 29.5 Å². The van der Waals surface area contributed by atoms with E-state index in [0.717, 1.165) is 45.0 Å². The second kappa shape index (κ2) is 11.1. The van der Waals surface area contributed by atoms with E-state index in [-0.39, 0.29) is 16.9 Å². The first-order valence-corrected chi connectivity index (χ1v) is 12.8. The number of amides is 1. The maximum absolute atomic E-state index is 15.3. The molecule has 0 aliphatic carbocycles. The SMILES string of the molecule is CCN(CC1CCOC1)C[C@@H]1SN(C)C(=N)N[C@]1(C)c1cc(NC(=O)c2ccc(F)cn2)ccc1F. The average Bonchev–Trinajstić information content (AvgIpc) is 3.36. The van der Waals surface area contributed by atoms with Gasteiger partial charge < -0.3 is 20.3 Å². The van der Waals surface area contributed by atoms with E-state index in [0.29, 0.717) is 23.7 Å². The molecule has 1 amide bonds. The Morgan fingerprint density at radius 1 is 1.36 bits per heavy atom. The second-order valence-electron chi connectivity index (χ2n) is 9.36. The Hall–Kier alpha value is -2.76. The Labute approximate surface area is 214 Å². The number of pyridine rings is 1. The normalized spacial score (nSPS) is 24.2. The van der Waals surface area contributed by atoms with Gasteiger partial charge in [-0.3, -0.25) is 14.5 Å². The number of hydrogen-bond donors (Lipinski definition) is 3. The van der Waals surface area contributed by atoms with Crippen molar-refractivity contribution in [1.82, 2.24) is 19.5 Å². The zero-order valence-corrected chi connectivity index (χ0v) is 21.5. The van der Waals surface area contributed by atoms with Gasteiger partial charge in [-0.15, -0.1) is 0 Å². The molecule has 3 atom stereocenters. The van der Waals surface area contributed by atoms with Gasteiger partial charge in [0.1, 0.15) is 17.3 Å². The molecule has 0 bridgehead atoms. The largest absolute Gasteiger partial charge is 0.381 e. The van der Waals surface area contributed by atoms with Crippen molar-refractivity contribution in [3.63, 3.8) is 0 Å². The number of ether oxygens (including phenoxy) is 1. The highest BCUT2D eigenvalue weighted by Gasteiger charge is 2.45. The molecule has 8 nitrogen and oxygen atoms in total. The minimum Gasteiger partial charge on any atom is -0.381 e. The Bertz CT molecular complexity index is 1100. The molecule has 11 heteroatoms. The van der Waals surface area contributed by atoms with Gasteiger partial charge in [0.15, 0.2) is 0 Å². The van der Waals surface area contributed by atoms with Crippen molar-refractivity contribution in [2.24, 2.45) is 5.92 Å². The maximum atomic E-state index is 15.3. The van der Waals surface area contributed by atoms with Gasteiger partial charge in [-0.25, -0.2) is 13.8 Å². The van der Waals surface area contributed by atoms with Crippen molar-refractivity contribution < 1.29 is 18.3 Å². The van der Waals surface area contributed by atoms with Crippen LogP contribution in [0.25, 0.3) is 0 Å². The lowest BCUT2D eigenvalue weighted by molar-refractivity contribution is 0.102. The van der Waals surface area contributed by atoms with E-state index < -0.39 is 23.1 Å². The average molecular weight is 519 g/mol. The van der Waals surface area contributed by atoms with E-state index in [1.807, 2.05) is 14.0 Å². The number of carbonyl (C=O) groups excluding carboxylic acids is 1. The summed E-state index contributed by atoms with van der Waals surface area (Å²) in [5.41, 5.74) is -0.138. The first-order chi connectivity index (χ1) is 17.2. The topological polar surface area (TPSA) is 93.6 Å². The van der Waals surface area contributed by atoms with Crippen LogP contribution in [0.5, 0.6) is 0 Å². The van der Waals surface area contributed by atoms with Crippen LogP contribution < -0.4 is 10.6 Å². The fourth-order valence-corrected chi connectivity index (χ4v) is 5.78. The molecular formula is C25H32F2N6O2S. The lowest BCUT2D eigenvalue weighted by atomic mass is 9.86. The number of nitrogens with zero attached hydrogens (tertiary/aromatic N) is 3. The Morgan fingerprint density at radius 2 is 2.17 bits per heavy atom. The molecule has 2 aromatic rings. The summed E-state index contributed by atoms with van der Waals surface area (Å²) >= 11 is 1.50. The maximum Gasteiger partial charge on any atom is 0.274 e. The highest BCUT2D eigenvalue weighted by Crippen LogP contribution is 2.40. The molecule has 3 N–H and O–H groups in total. The zero-order valence-electron chi connectivity index (χ0n) is 20.7. The van der Waals surface area contributed by atoms with Crippen molar-refractivity contribution in [2.75, 3.05) is 45.2 Å². The lowest BCUT2D eigenvalue weighted by Gasteiger charge is -2.47. The fourth-order valence-electron chi connectivity index (χ4n) is 4.58. The summed E-state index contributed by atoms with van der Waals surface area (Å²) in [5.74, 6) is -0.842. The third kappa shape index (κ3) is 5.79. The van der Waals surface area contributed by atoms with Crippen molar-refractivity contribution in [2.45, 2.75) is 31.1 Å². The fraction of sp³-hybridized carbons (Fsp3) is 0.480. The zero-order chi connectivity index (χ0) is 25.9. The summed E-state index contributed by atoms with van der Waals surface area (Å²) in [6.45, 7) is 7.96. The number of anilines is 1. The molecule has 4 rings (SSSR count). The molecule has 2 saturated heterocycles. The van der Waals surface area contributed by atoms with Gasteiger partial charge in [-0.2, -0.15) is 0 Å². The van der Waals surface area contributed by atoms with E-state index in [2.05, 4.69) is 27.4 Å². The third-order valence-corrected chi connectivity index (χ3v) is 8.15. The van der Waals surface area contributed by atoms with Crippen LogP contribution in [0.2, 0.25) is 0 Å². The number of benzene rings is 1. The lowest BCUT2D eigenvalue weighted by Crippen LogP contribution is -2.61. The predicted octanol–water partition coefficient (Wildman–Crippen LogP) is 3.67. The number of halogens is 2. The molecule has 2 aliphatic rings. The van der Waals surface area contributed by atoms with Crippen molar-refractivity contribution in [3.05, 3.63) is 59.4 Å². The highest BCUT2D eigenvalue weighted by molar-refractivity contribution is 7.98. The van der Waals surface area contributed by atoms with Crippen LogP contribution >= 0.6 is 11.9 Å². The van der Waals surface area contributed by atoms with Gasteiger partial charge in [0.25, 0.3) is 5.91 Å². The van der Waals surface area contributed by atoms with Crippen molar-refractivity contribution in [1.29, 1.82) is 5.41 Å². The quantitative estimate of drug-likeness (QED) is 0.459.